The lowest BCUT2D eigenvalue weighted by atomic mass is 10.1. The molecule has 0 fully saturated rings. The van der Waals surface area contributed by atoms with Gasteiger partial charge in [-0.05, 0) is 35.7 Å². The molecule has 0 aliphatic carbocycles. The first-order valence-electron chi connectivity index (χ1n) is 9.03. The van der Waals surface area contributed by atoms with Crippen LogP contribution in [0.1, 0.15) is 5.76 Å². The summed E-state index contributed by atoms with van der Waals surface area (Å²) in [6.07, 6.45) is 1.46. The third kappa shape index (κ3) is 5.06. The van der Waals surface area contributed by atoms with E-state index < -0.39 is 0 Å². The van der Waals surface area contributed by atoms with Gasteiger partial charge < -0.3 is 9.15 Å². The number of hydrogen-bond donors (Lipinski definition) is 1. The molecular formula is C23H18N2O3S. The van der Waals surface area contributed by atoms with Crippen LogP contribution >= 0.6 is 11.8 Å². The van der Waals surface area contributed by atoms with Gasteiger partial charge in [0.2, 0.25) is 0 Å². The fourth-order valence-electron chi connectivity index (χ4n) is 2.73. The largest absolute Gasteiger partial charge is 0.483 e. The molecule has 3 aromatic carbocycles. The molecule has 4 rings (SSSR count). The Labute approximate surface area is 172 Å². The van der Waals surface area contributed by atoms with Gasteiger partial charge in [0, 0.05) is 10.3 Å². The second kappa shape index (κ2) is 9.12. The van der Waals surface area contributed by atoms with E-state index in [-0.39, 0.29) is 12.5 Å². The Balaban J connectivity index is 1.29. The van der Waals surface area contributed by atoms with Crippen LogP contribution in [-0.4, -0.2) is 18.7 Å². The zero-order chi connectivity index (χ0) is 19.9. The average molecular weight is 402 g/mol. The molecule has 1 aromatic heterocycles. The van der Waals surface area contributed by atoms with Crippen LogP contribution in [0.5, 0.6) is 5.75 Å². The van der Waals surface area contributed by atoms with E-state index in [1.807, 2.05) is 78.9 Å². The normalized spacial score (nSPS) is 11.0. The Morgan fingerprint density at radius 1 is 0.966 bits per heavy atom. The second-order valence-corrected chi connectivity index (χ2v) is 7.21. The number of nitrogens with one attached hydrogen (secondary N) is 1. The number of hydrazone groups is 1. The Morgan fingerprint density at radius 2 is 1.76 bits per heavy atom. The topological polar surface area (TPSA) is 63.8 Å². The highest BCUT2D eigenvalue weighted by Gasteiger charge is 2.06. The molecular weight excluding hydrogens is 384 g/mol. The summed E-state index contributed by atoms with van der Waals surface area (Å²) in [5, 5.41) is 6.71. The standard InChI is InChI=1S/C23H18N2O3S/c26-22(16-27-21-12-6-8-17-7-4-5-11-20(17)21)25-24-15-18-13-14-23(28-18)29-19-9-2-1-3-10-19/h1-15H,16H2,(H,25,26)/b24-15+. The zero-order valence-corrected chi connectivity index (χ0v) is 16.3. The van der Waals surface area contributed by atoms with Gasteiger partial charge >= 0.3 is 0 Å². The van der Waals surface area contributed by atoms with Crippen LogP contribution in [0.15, 0.2) is 104 Å². The number of carbonyl (C=O) groups is 1. The molecule has 144 valence electrons. The summed E-state index contributed by atoms with van der Waals surface area (Å²) < 4.78 is 11.3. The lowest BCUT2D eigenvalue weighted by Gasteiger charge is -2.08. The quantitative estimate of drug-likeness (QED) is 0.344. The number of amides is 1. The SMILES string of the molecule is O=C(COc1cccc2ccccc12)N/N=C/c1ccc(Sc2ccccc2)o1. The monoisotopic (exact) mass is 402 g/mol. The van der Waals surface area contributed by atoms with Crippen molar-refractivity contribution in [2.45, 2.75) is 9.99 Å². The molecule has 5 nitrogen and oxygen atoms in total. The third-order valence-corrected chi connectivity index (χ3v) is 4.98. The lowest BCUT2D eigenvalue weighted by Crippen LogP contribution is -2.24. The molecule has 0 saturated carbocycles. The van der Waals surface area contributed by atoms with E-state index in [4.69, 9.17) is 9.15 Å². The summed E-state index contributed by atoms with van der Waals surface area (Å²) in [7, 11) is 0. The van der Waals surface area contributed by atoms with Crippen LogP contribution in [0.2, 0.25) is 0 Å². The fourth-order valence-corrected chi connectivity index (χ4v) is 3.53. The highest BCUT2D eigenvalue weighted by molar-refractivity contribution is 7.99. The Kier molecular flexibility index (Phi) is 5.92. The summed E-state index contributed by atoms with van der Waals surface area (Å²) in [6.45, 7) is -0.126. The van der Waals surface area contributed by atoms with Crippen LogP contribution in [-0.2, 0) is 4.79 Å². The molecule has 6 heteroatoms. The number of hydrogen-bond acceptors (Lipinski definition) is 5. The van der Waals surface area contributed by atoms with Crippen molar-refractivity contribution < 1.29 is 13.9 Å². The number of benzene rings is 3. The fraction of sp³-hybridized carbons (Fsp3) is 0.0435. The lowest BCUT2D eigenvalue weighted by molar-refractivity contribution is -0.123. The van der Waals surface area contributed by atoms with Gasteiger partial charge in [0.05, 0.1) is 6.21 Å². The zero-order valence-electron chi connectivity index (χ0n) is 15.4. The third-order valence-electron chi connectivity index (χ3n) is 4.05. The molecule has 0 spiro atoms. The van der Waals surface area contributed by atoms with Gasteiger partial charge in [0.1, 0.15) is 11.5 Å². The highest BCUT2D eigenvalue weighted by Crippen LogP contribution is 2.28. The first kappa shape index (κ1) is 18.8. The number of ether oxygens (including phenoxy) is 1. The van der Waals surface area contributed by atoms with Crippen LogP contribution in [0.4, 0.5) is 0 Å². The predicted octanol–water partition coefficient (Wildman–Crippen LogP) is 5.11. The van der Waals surface area contributed by atoms with Gasteiger partial charge in [-0.15, -0.1) is 0 Å². The number of rotatable bonds is 7. The molecule has 29 heavy (non-hydrogen) atoms. The van der Waals surface area contributed by atoms with Crippen molar-refractivity contribution in [1.29, 1.82) is 0 Å². The summed E-state index contributed by atoms with van der Waals surface area (Å²) in [5.41, 5.74) is 2.45. The van der Waals surface area contributed by atoms with Gasteiger partial charge in [-0.25, -0.2) is 5.43 Å². The van der Waals surface area contributed by atoms with Crippen molar-refractivity contribution in [1.82, 2.24) is 5.43 Å². The predicted molar refractivity (Wildman–Crippen MR) is 114 cm³/mol. The van der Waals surface area contributed by atoms with E-state index in [0.29, 0.717) is 11.5 Å². The maximum absolute atomic E-state index is 12.0. The van der Waals surface area contributed by atoms with Gasteiger partial charge in [-0.3, -0.25) is 4.79 Å². The first-order valence-corrected chi connectivity index (χ1v) is 9.85. The minimum absolute atomic E-state index is 0.126. The summed E-state index contributed by atoms with van der Waals surface area (Å²) in [6, 6.07) is 27.2. The van der Waals surface area contributed by atoms with Crippen molar-refractivity contribution >= 4 is 34.7 Å². The second-order valence-electron chi connectivity index (χ2n) is 6.13. The maximum atomic E-state index is 12.0. The molecule has 0 atom stereocenters. The van der Waals surface area contributed by atoms with Gasteiger partial charge in [-0.2, -0.15) is 5.10 Å². The molecule has 0 aliphatic rings. The van der Waals surface area contributed by atoms with Crippen LogP contribution < -0.4 is 10.2 Å². The molecule has 0 bridgehead atoms. The molecule has 1 amide bonds. The number of fused-ring (bicyclic) bond motifs is 1. The van der Waals surface area contributed by atoms with Crippen molar-refractivity contribution in [3.63, 3.8) is 0 Å². The molecule has 0 unspecified atom stereocenters. The van der Waals surface area contributed by atoms with Crippen molar-refractivity contribution in [3.8, 4) is 5.75 Å². The summed E-state index contributed by atoms with van der Waals surface area (Å²) >= 11 is 1.52. The minimum atomic E-state index is -0.348. The van der Waals surface area contributed by atoms with Crippen molar-refractivity contribution in [3.05, 3.63) is 90.7 Å². The van der Waals surface area contributed by atoms with E-state index in [2.05, 4.69) is 10.5 Å². The first-order chi connectivity index (χ1) is 14.3. The molecule has 1 N–H and O–H groups in total. The van der Waals surface area contributed by atoms with Crippen molar-refractivity contribution in [2.75, 3.05) is 6.61 Å². The number of carbonyl (C=O) groups excluding carboxylic acids is 1. The van der Waals surface area contributed by atoms with Crippen LogP contribution in [0.3, 0.4) is 0 Å². The molecule has 0 radical (unpaired) electrons. The smallest absolute Gasteiger partial charge is 0.277 e. The molecule has 0 aliphatic heterocycles. The molecule has 4 aromatic rings. The minimum Gasteiger partial charge on any atom is -0.483 e. The Morgan fingerprint density at radius 3 is 2.66 bits per heavy atom. The Bertz CT molecular complexity index is 1130. The summed E-state index contributed by atoms with van der Waals surface area (Å²) in [5.74, 6) is 0.870. The van der Waals surface area contributed by atoms with E-state index in [0.717, 1.165) is 20.8 Å². The number of nitrogens with zero attached hydrogens (tertiary/aromatic N) is 1. The molecule has 0 saturated heterocycles. The van der Waals surface area contributed by atoms with Gasteiger partial charge in [0.15, 0.2) is 11.7 Å². The van der Waals surface area contributed by atoms with E-state index in [1.54, 1.807) is 6.07 Å². The summed E-state index contributed by atoms with van der Waals surface area (Å²) in [4.78, 5) is 13.1. The molecule has 1 heterocycles. The van der Waals surface area contributed by atoms with E-state index in [9.17, 15) is 4.79 Å². The van der Waals surface area contributed by atoms with E-state index >= 15 is 0 Å². The maximum Gasteiger partial charge on any atom is 0.277 e. The Hall–Kier alpha value is -3.51. The van der Waals surface area contributed by atoms with Gasteiger partial charge in [0.25, 0.3) is 5.91 Å². The van der Waals surface area contributed by atoms with Crippen molar-refractivity contribution in [2.24, 2.45) is 5.10 Å². The highest BCUT2D eigenvalue weighted by atomic mass is 32.2. The van der Waals surface area contributed by atoms with Crippen LogP contribution in [0.25, 0.3) is 10.8 Å². The number of furan rings is 1. The van der Waals surface area contributed by atoms with Crippen LogP contribution in [0, 0.1) is 0 Å². The van der Waals surface area contributed by atoms with E-state index in [1.165, 1.54) is 18.0 Å². The van der Waals surface area contributed by atoms with Gasteiger partial charge in [-0.1, -0.05) is 66.4 Å². The average Bonchev–Trinajstić information content (AvgIpc) is 3.20.